The second-order valence-corrected chi connectivity index (χ2v) is 9.57. The molecule has 33 heavy (non-hydrogen) atoms. The summed E-state index contributed by atoms with van der Waals surface area (Å²) >= 11 is 0.985. The molecule has 0 unspecified atom stereocenters. The monoisotopic (exact) mass is 490 g/mol. The first-order chi connectivity index (χ1) is 15.8. The van der Waals surface area contributed by atoms with Crippen molar-refractivity contribution in [3.63, 3.8) is 0 Å². The van der Waals surface area contributed by atoms with Crippen molar-refractivity contribution >= 4 is 38.9 Å². The predicted octanol–water partition coefficient (Wildman–Crippen LogP) is 2.63. The largest absolute Gasteiger partial charge is 0.495 e. The molecule has 1 amide bonds. The fourth-order valence-electron chi connectivity index (χ4n) is 2.75. The number of benzene rings is 2. The van der Waals surface area contributed by atoms with Crippen molar-refractivity contribution in [1.82, 2.24) is 14.9 Å². The Balaban J connectivity index is 1.64. The first kappa shape index (κ1) is 24.3. The molecule has 10 nitrogen and oxygen atoms in total. The maximum absolute atomic E-state index is 12.4. The van der Waals surface area contributed by atoms with Crippen LogP contribution in [0.25, 0.3) is 0 Å². The molecule has 12 heteroatoms. The molecule has 1 aromatic heterocycles. The lowest BCUT2D eigenvalue weighted by Gasteiger charge is -2.10. The molecule has 0 bridgehead atoms. The summed E-state index contributed by atoms with van der Waals surface area (Å²) < 4.78 is 36.8. The summed E-state index contributed by atoms with van der Waals surface area (Å²) in [6.07, 6.45) is 0.899. The molecular weight excluding hydrogens is 468 g/mol. The number of hydrogen-bond acceptors (Lipinski definition) is 9. The lowest BCUT2D eigenvalue weighted by atomic mass is 10.1. The minimum absolute atomic E-state index is 0.0163. The van der Waals surface area contributed by atoms with E-state index in [2.05, 4.69) is 20.2 Å². The fourth-order valence-corrected chi connectivity index (χ4v) is 4.31. The number of carbonyl (C=O) groups is 2. The van der Waals surface area contributed by atoms with Crippen LogP contribution in [0.5, 0.6) is 5.75 Å². The van der Waals surface area contributed by atoms with Crippen LogP contribution in [0.3, 0.4) is 0 Å². The van der Waals surface area contributed by atoms with Gasteiger partial charge in [0, 0.05) is 5.69 Å². The van der Waals surface area contributed by atoms with Crippen molar-refractivity contribution in [2.24, 2.45) is 0 Å². The lowest BCUT2D eigenvalue weighted by molar-refractivity contribution is 0.0471. The first-order valence-corrected chi connectivity index (χ1v) is 12.1. The number of carbonyl (C=O) groups excluding carboxylic acids is 2. The van der Waals surface area contributed by atoms with E-state index in [4.69, 9.17) is 9.47 Å². The van der Waals surface area contributed by atoms with Gasteiger partial charge in [-0.15, -0.1) is 10.2 Å². The number of aromatic nitrogens is 2. The molecule has 2 N–H and O–H groups in total. The van der Waals surface area contributed by atoms with Gasteiger partial charge in [-0.25, -0.2) is 17.9 Å². The van der Waals surface area contributed by atoms with Gasteiger partial charge in [-0.3, -0.25) is 4.79 Å². The van der Waals surface area contributed by atoms with Crippen LogP contribution in [0.15, 0.2) is 47.4 Å². The topological polar surface area (TPSA) is 137 Å². The van der Waals surface area contributed by atoms with E-state index in [1.807, 2.05) is 19.1 Å². The molecule has 0 fully saturated rings. The van der Waals surface area contributed by atoms with Gasteiger partial charge in [0.05, 0.1) is 12.7 Å². The Morgan fingerprint density at radius 2 is 1.82 bits per heavy atom. The molecule has 0 aliphatic carbocycles. The number of nitrogens with zero attached hydrogens (tertiary/aromatic N) is 2. The molecule has 2 aromatic carbocycles. The zero-order chi connectivity index (χ0) is 24.0. The highest BCUT2D eigenvalue weighted by Crippen LogP contribution is 2.25. The zero-order valence-corrected chi connectivity index (χ0v) is 19.7. The average molecular weight is 491 g/mol. The highest BCUT2D eigenvalue weighted by Gasteiger charge is 2.21. The van der Waals surface area contributed by atoms with Crippen LogP contribution in [0, 0.1) is 0 Å². The van der Waals surface area contributed by atoms with Crippen LogP contribution in [-0.2, 0) is 27.8 Å². The zero-order valence-electron chi connectivity index (χ0n) is 18.1. The van der Waals surface area contributed by atoms with Crippen LogP contribution in [0.1, 0.15) is 37.7 Å². The van der Waals surface area contributed by atoms with Gasteiger partial charge in [-0.2, -0.15) is 0 Å². The Kier molecular flexibility index (Phi) is 7.74. The molecule has 0 aliphatic rings. The molecule has 3 rings (SSSR count). The van der Waals surface area contributed by atoms with E-state index in [0.29, 0.717) is 10.7 Å². The van der Waals surface area contributed by atoms with Crippen LogP contribution in [0.2, 0.25) is 0 Å². The first-order valence-electron chi connectivity index (χ1n) is 9.78. The Morgan fingerprint density at radius 3 is 2.45 bits per heavy atom. The van der Waals surface area contributed by atoms with Gasteiger partial charge >= 0.3 is 5.97 Å². The summed E-state index contributed by atoms with van der Waals surface area (Å²) in [5.41, 5.74) is 1.80. The highest BCUT2D eigenvalue weighted by atomic mass is 32.2. The summed E-state index contributed by atoms with van der Waals surface area (Å²) in [5.74, 6) is -1.10. The number of sulfonamides is 1. The smallest absolute Gasteiger partial charge is 0.338 e. The van der Waals surface area contributed by atoms with E-state index in [1.165, 1.54) is 26.3 Å². The van der Waals surface area contributed by atoms with Crippen molar-refractivity contribution in [2.45, 2.75) is 24.8 Å². The Labute approximate surface area is 195 Å². The number of nitrogens with one attached hydrogen (secondary N) is 2. The third-order valence-corrected chi connectivity index (χ3v) is 6.90. The van der Waals surface area contributed by atoms with Gasteiger partial charge in [0.25, 0.3) is 5.91 Å². The summed E-state index contributed by atoms with van der Waals surface area (Å²) in [6, 6.07) is 11.4. The summed E-state index contributed by atoms with van der Waals surface area (Å²) in [6.45, 7) is 1.82. The van der Waals surface area contributed by atoms with E-state index in [1.54, 1.807) is 12.1 Å². The molecular formula is C21H22N4O6S2. The molecule has 3 aromatic rings. The number of ether oxygens (including phenoxy) is 2. The van der Waals surface area contributed by atoms with Crippen LogP contribution in [0.4, 0.5) is 5.69 Å². The SMILES string of the molecule is CCc1ccc(NC(=O)c2nnc(COC(=O)c3ccc(OC)c(S(=O)(=O)NC)c3)s2)cc1. The Hall–Kier alpha value is -3.35. The summed E-state index contributed by atoms with van der Waals surface area (Å²) in [5, 5.41) is 10.9. The van der Waals surface area contributed by atoms with Crippen molar-refractivity contribution in [2.75, 3.05) is 19.5 Å². The van der Waals surface area contributed by atoms with E-state index >= 15 is 0 Å². The van der Waals surface area contributed by atoms with E-state index < -0.39 is 21.9 Å². The third kappa shape index (κ3) is 5.92. The van der Waals surface area contributed by atoms with E-state index in [-0.39, 0.29) is 27.8 Å². The van der Waals surface area contributed by atoms with Crippen LogP contribution < -0.4 is 14.8 Å². The van der Waals surface area contributed by atoms with Gasteiger partial charge in [0.15, 0.2) is 5.01 Å². The Bertz CT molecular complexity index is 1260. The molecule has 0 spiro atoms. The van der Waals surface area contributed by atoms with Gasteiger partial charge in [-0.05, 0) is 49.4 Å². The molecule has 1 heterocycles. The molecule has 0 aliphatic heterocycles. The maximum atomic E-state index is 12.4. The quantitative estimate of drug-likeness (QED) is 0.437. The molecule has 174 valence electrons. The van der Waals surface area contributed by atoms with Crippen LogP contribution in [-0.4, -0.2) is 44.6 Å². The van der Waals surface area contributed by atoms with Crippen LogP contribution >= 0.6 is 11.3 Å². The highest BCUT2D eigenvalue weighted by molar-refractivity contribution is 7.89. The third-order valence-electron chi connectivity index (χ3n) is 4.57. The minimum atomic E-state index is -3.85. The molecule has 0 atom stereocenters. The standard InChI is InChI=1S/C21H22N4O6S2/c1-4-13-5-8-15(9-6-13)23-19(26)20-25-24-18(32-20)12-31-21(27)14-7-10-16(30-3)17(11-14)33(28,29)22-2/h5-11,22H,4,12H2,1-3H3,(H,23,26). The minimum Gasteiger partial charge on any atom is -0.495 e. The average Bonchev–Trinajstić information content (AvgIpc) is 3.32. The van der Waals surface area contributed by atoms with Gasteiger partial charge in [0.1, 0.15) is 17.3 Å². The van der Waals surface area contributed by atoms with Crippen molar-refractivity contribution in [3.05, 3.63) is 63.6 Å². The molecule has 0 saturated heterocycles. The normalized spacial score (nSPS) is 11.1. The lowest BCUT2D eigenvalue weighted by Crippen LogP contribution is -2.20. The number of hydrogen-bond donors (Lipinski definition) is 2. The van der Waals surface area contributed by atoms with E-state index in [0.717, 1.165) is 29.4 Å². The number of rotatable bonds is 9. The number of esters is 1. The number of anilines is 1. The van der Waals surface area contributed by atoms with Crippen molar-refractivity contribution in [3.8, 4) is 5.75 Å². The number of aryl methyl sites for hydroxylation is 1. The van der Waals surface area contributed by atoms with Gasteiger partial charge in [-0.1, -0.05) is 30.4 Å². The van der Waals surface area contributed by atoms with Crippen molar-refractivity contribution < 1.29 is 27.5 Å². The second-order valence-electron chi connectivity index (χ2n) is 6.65. The van der Waals surface area contributed by atoms with Gasteiger partial charge in [0.2, 0.25) is 15.0 Å². The second kappa shape index (κ2) is 10.5. The summed E-state index contributed by atoms with van der Waals surface area (Å²) in [7, 11) is -1.27. The summed E-state index contributed by atoms with van der Waals surface area (Å²) in [4.78, 5) is 24.6. The molecule has 0 saturated carbocycles. The number of methoxy groups -OCH3 is 1. The van der Waals surface area contributed by atoms with E-state index in [9.17, 15) is 18.0 Å². The van der Waals surface area contributed by atoms with Crippen molar-refractivity contribution in [1.29, 1.82) is 0 Å². The van der Waals surface area contributed by atoms with Gasteiger partial charge < -0.3 is 14.8 Å². The number of amides is 1. The predicted molar refractivity (Wildman–Crippen MR) is 122 cm³/mol. The Morgan fingerprint density at radius 1 is 1.09 bits per heavy atom. The maximum Gasteiger partial charge on any atom is 0.338 e. The fraction of sp³-hybridized carbons (Fsp3) is 0.238. The molecule has 0 radical (unpaired) electrons.